The van der Waals surface area contributed by atoms with Crippen LogP contribution >= 0.6 is 0 Å². The largest absolute Gasteiger partial charge is 0.465 e. The zero-order valence-electron chi connectivity index (χ0n) is 31.1. The van der Waals surface area contributed by atoms with E-state index in [9.17, 15) is 19.5 Å². The van der Waals surface area contributed by atoms with Crippen LogP contribution in [0.2, 0.25) is 0 Å². The van der Waals surface area contributed by atoms with E-state index in [-0.39, 0.29) is 23.9 Å². The Balaban J connectivity index is 1.00. The third kappa shape index (κ3) is 7.79. The molecule has 0 saturated carbocycles. The number of carbonyl (C=O) groups is 3. The summed E-state index contributed by atoms with van der Waals surface area (Å²) in [5.74, 6) is 1.48. The SMILES string of the molecule is CN(C)CCCC(=O)N1CCC[C@H]1c1ncc(-c2ccc(-c3ccc(-c4cnc([C@@H]5CCCN5C(=O)[C@@H](c5ccccc5)N(C)C(=O)O)[nH]4)cc3)cc2)[nH]1. The normalized spacial score (nSPS) is 17.6. The zero-order chi connectivity index (χ0) is 37.8. The maximum atomic E-state index is 13.9. The highest BCUT2D eigenvalue weighted by Crippen LogP contribution is 2.36. The van der Waals surface area contributed by atoms with E-state index in [4.69, 9.17) is 4.98 Å². The Kier molecular flexibility index (Phi) is 10.9. The van der Waals surface area contributed by atoms with Crippen molar-refractivity contribution in [2.45, 2.75) is 56.7 Å². The molecule has 7 rings (SSSR count). The van der Waals surface area contributed by atoms with Gasteiger partial charge in [0.25, 0.3) is 5.91 Å². The first-order valence-corrected chi connectivity index (χ1v) is 18.7. The minimum atomic E-state index is -1.16. The lowest BCUT2D eigenvalue weighted by atomic mass is 10.0. The van der Waals surface area contributed by atoms with Gasteiger partial charge in [-0.15, -0.1) is 0 Å². The van der Waals surface area contributed by atoms with E-state index in [0.29, 0.717) is 24.4 Å². The molecule has 2 fully saturated rings. The van der Waals surface area contributed by atoms with Crippen LogP contribution in [0, 0.1) is 0 Å². The van der Waals surface area contributed by atoms with E-state index in [1.165, 1.54) is 7.05 Å². The molecule has 280 valence electrons. The number of amides is 3. The van der Waals surface area contributed by atoms with Gasteiger partial charge in [-0.1, -0.05) is 78.9 Å². The number of H-pyrrole nitrogens is 2. The van der Waals surface area contributed by atoms with Crippen LogP contribution in [-0.4, -0.2) is 103 Å². The van der Waals surface area contributed by atoms with Crippen LogP contribution in [0.25, 0.3) is 33.6 Å². The Hall–Kier alpha value is -5.75. The number of carboxylic acid groups (broad SMARTS) is 1. The minimum Gasteiger partial charge on any atom is -0.465 e. The lowest BCUT2D eigenvalue weighted by molar-refractivity contribution is -0.137. The van der Waals surface area contributed by atoms with Gasteiger partial charge in [0.2, 0.25) is 5.91 Å². The Morgan fingerprint density at radius 2 is 1.24 bits per heavy atom. The highest BCUT2D eigenvalue weighted by molar-refractivity contribution is 5.87. The van der Waals surface area contributed by atoms with Crippen LogP contribution in [0.5, 0.6) is 0 Å². The molecular formula is C42H48N8O4. The molecule has 5 aromatic rings. The summed E-state index contributed by atoms with van der Waals surface area (Å²) in [6.07, 6.45) is 7.35. The van der Waals surface area contributed by atoms with Crippen molar-refractivity contribution in [2.75, 3.05) is 40.8 Å². The van der Waals surface area contributed by atoms with Gasteiger partial charge in [0, 0.05) is 26.6 Å². The number of aromatic amines is 2. The summed E-state index contributed by atoms with van der Waals surface area (Å²) in [6, 6.07) is 24.5. The average molecular weight is 729 g/mol. The van der Waals surface area contributed by atoms with E-state index < -0.39 is 12.1 Å². The summed E-state index contributed by atoms with van der Waals surface area (Å²) in [6.45, 7) is 2.21. The molecule has 12 heteroatoms. The molecule has 3 amide bonds. The fourth-order valence-corrected chi connectivity index (χ4v) is 7.78. The summed E-state index contributed by atoms with van der Waals surface area (Å²) < 4.78 is 0. The predicted molar refractivity (Wildman–Crippen MR) is 207 cm³/mol. The van der Waals surface area contributed by atoms with Crippen molar-refractivity contribution in [2.24, 2.45) is 0 Å². The Labute approximate surface area is 315 Å². The van der Waals surface area contributed by atoms with Gasteiger partial charge in [-0.05, 0) is 80.6 Å². The van der Waals surface area contributed by atoms with Crippen molar-refractivity contribution in [3.8, 4) is 33.6 Å². The first-order valence-electron chi connectivity index (χ1n) is 18.7. The molecule has 3 N–H and O–H groups in total. The van der Waals surface area contributed by atoms with Crippen LogP contribution in [0.4, 0.5) is 4.79 Å². The fraction of sp³-hybridized carbons (Fsp3) is 0.357. The maximum Gasteiger partial charge on any atom is 0.407 e. The standard InChI is InChI=1S/C42H48N8O4/c1-47(2)23-9-14-37(51)49-24-7-12-35(49)39-43-26-33(45-39)30-19-15-28(16-20-30)29-17-21-31(22-18-29)34-27-44-40(46-34)36-13-8-25-50(36)41(52)38(48(3)42(53)54)32-10-5-4-6-11-32/h4-6,10-11,15-22,26-27,35-36,38H,7-9,12-14,23-25H2,1-3H3,(H,43,45)(H,44,46)(H,53,54)/t35-,36-,38+/m0/s1. The number of carbonyl (C=O) groups excluding carboxylic acids is 2. The van der Waals surface area contributed by atoms with Crippen LogP contribution < -0.4 is 0 Å². The van der Waals surface area contributed by atoms with Gasteiger partial charge in [-0.3, -0.25) is 14.5 Å². The minimum absolute atomic E-state index is 0.00762. The molecule has 0 spiro atoms. The highest BCUT2D eigenvalue weighted by Gasteiger charge is 2.39. The monoisotopic (exact) mass is 728 g/mol. The Morgan fingerprint density at radius 1 is 0.741 bits per heavy atom. The summed E-state index contributed by atoms with van der Waals surface area (Å²) >= 11 is 0. The van der Waals surface area contributed by atoms with Crippen LogP contribution in [0.3, 0.4) is 0 Å². The van der Waals surface area contributed by atoms with Gasteiger partial charge >= 0.3 is 6.09 Å². The number of aromatic nitrogens is 4. The molecule has 0 unspecified atom stereocenters. The molecule has 0 aliphatic carbocycles. The lowest BCUT2D eigenvalue weighted by Gasteiger charge is -2.32. The van der Waals surface area contributed by atoms with Gasteiger partial charge in [-0.2, -0.15) is 0 Å². The second kappa shape index (κ2) is 16.1. The van der Waals surface area contributed by atoms with Gasteiger partial charge in [-0.25, -0.2) is 14.8 Å². The molecule has 54 heavy (non-hydrogen) atoms. The summed E-state index contributed by atoms with van der Waals surface area (Å²) in [7, 11) is 5.49. The molecular weight excluding hydrogens is 681 g/mol. The number of rotatable bonds is 12. The van der Waals surface area contributed by atoms with Crippen LogP contribution in [0.1, 0.15) is 73.9 Å². The van der Waals surface area contributed by atoms with Crippen molar-refractivity contribution in [3.63, 3.8) is 0 Å². The molecule has 3 aromatic carbocycles. The molecule has 2 aliphatic rings. The van der Waals surface area contributed by atoms with Crippen molar-refractivity contribution in [3.05, 3.63) is 108 Å². The number of imidazole rings is 2. The zero-order valence-corrected chi connectivity index (χ0v) is 31.1. The third-order valence-corrected chi connectivity index (χ3v) is 10.7. The van der Waals surface area contributed by atoms with Crippen molar-refractivity contribution >= 4 is 17.9 Å². The summed E-state index contributed by atoms with van der Waals surface area (Å²) in [5.41, 5.74) is 6.58. The summed E-state index contributed by atoms with van der Waals surface area (Å²) in [4.78, 5) is 62.1. The smallest absolute Gasteiger partial charge is 0.407 e. The summed E-state index contributed by atoms with van der Waals surface area (Å²) in [5, 5.41) is 9.78. The van der Waals surface area contributed by atoms with Crippen molar-refractivity contribution < 1.29 is 19.5 Å². The van der Waals surface area contributed by atoms with Gasteiger partial charge < -0.3 is 29.8 Å². The number of likely N-dealkylation sites (N-methyl/N-ethyl adjacent to an activating group) is 1. The van der Waals surface area contributed by atoms with Gasteiger partial charge in [0.15, 0.2) is 0 Å². The highest BCUT2D eigenvalue weighted by atomic mass is 16.4. The molecule has 2 saturated heterocycles. The van der Waals surface area contributed by atoms with Gasteiger partial charge in [0.1, 0.15) is 17.7 Å². The van der Waals surface area contributed by atoms with Gasteiger partial charge in [0.05, 0.1) is 35.9 Å². The second-order valence-corrected chi connectivity index (χ2v) is 14.6. The van der Waals surface area contributed by atoms with E-state index in [1.54, 1.807) is 23.2 Å². The third-order valence-electron chi connectivity index (χ3n) is 10.7. The number of likely N-dealkylation sites (tertiary alicyclic amines) is 2. The van der Waals surface area contributed by atoms with E-state index in [1.807, 2.05) is 43.4 Å². The average Bonchev–Trinajstić information content (AvgIpc) is 4.02. The molecule has 2 aromatic heterocycles. The van der Waals surface area contributed by atoms with Crippen LogP contribution in [0.15, 0.2) is 91.3 Å². The Bertz CT molecular complexity index is 2060. The molecule has 0 radical (unpaired) electrons. The van der Waals surface area contributed by atoms with Crippen molar-refractivity contribution in [1.29, 1.82) is 0 Å². The number of nitrogens with one attached hydrogen (secondary N) is 2. The molecule has 2 aliphatic heterocycles. The van der Waals surface area contributed by atoms with E-state index in [2.05, 4.69) is 68.4 Å². The number of benzene rings is 3. The molecule has 4 heterocycles. The lowest BCUT2D eigenvalue weighted by Crippen LogP contribution is -2.43. The van der Waals surface area contributed by atoms with Crippen molar-refractivity contribution in [1.82, 2.24) is 39.5 Å². The number of hydrogen-bond donors (Lipinski definition) is 3. The maximum absolute atomic E-state index is 13.9. The van der Waals surface area contributed by atoms with E-state index in [0.717, 1.165) is 89.6 Å². The first-order chi connectivity index (χ1) is 26.2. The number of nitrogens with zero attached hydrogens (tertiary/aromatic N) is 6. The van der Waals surface area contributed by atoms with Crippen LogP contribution in [-0.2, 0) is 9.59 Å². The fourth-order valence-electron chi connectivity index (χ4n) is 7.78. The second-order valence-electron chi connectivity index (χ2n) is 14.6. The molecule has 0 bridgehead atoms. The number of hydrogen-bond acceptors (Lipinski definition) is 6. The quantitative estimate of drug-likeness (QED) is 0.124. The Morgan fingerprint density at radius 3 is 1.76 bits per heavy atom. The molecule has 12 nitrogen and oxygen atoms in total. The van der Waals surface area contributed by atoms with E-state index >= 15 is 0 Å². The topological polar surface area (TPSA) is 142 Å². The molecule has 3 atom stereocenters. The predicted octanol–water partition coefficient (Wildman–Crippen LogP) is 7.15. The first kappa shape index (κ1) is 36.6.